The first-order valence-corrected chi connectivity index (χ1v) is 8.17. The van der Waals surface area contributed by atoms with E-state index >= 15 is 0 Å². The predicted octanol–water partition coefficient (Wildman–Crippen LogP) is 4.34. The number of halogens is 3. The summed E-state index contributed by atoms with van der Waals surface area (Å²) >= 11 is 0. The van der Waals surface area contributed by atoms with Gasteiger partial charge in [0.05, 0.1) is 12.0 Å². The van der Waals surface area contributed by atoms with E-state index in [9.17, 15) is 18.0 Å². The van der Waals surface area contributed by atoms with Gasteiger partial charge in [-0.3, -0.25) is 9.84 Å². The molecule has 2 amide bonds. The van der Waals surface area contributed by atoms with E-state index in [1.165, 1.54) is 23.0 Å². The Bertz CT molecular complexity index is 984. The minimum atomic E-state index is -4.50. The van der Waals surface area contributed by atoms with Gasteiger partial charge in [-0.2, -0.15) is 13.2 Å². The van der Waals surface area contributed by atoms with E-state index in [2.05, 4.69) is 22.5 Å². The first-order valence-electron chi connectivity index (χ1n) is 8.17. The van der Waals surface area contributed by atoms with E-state index in [4.69, 9.17) is 4.52 Å². The molecule has 3 aromatic rings. The first-order chi connectivity index (χ1) is 13.3. The van der Waals surface area contributed by atoms with Crippen LogP contribution in [0.1, 0.15) is 11.1 Å². The molecule has 1 heterocycles. The largest absolute Gasteiger partial charge is 0.416 e. The maximum Gasteiger partial charge on any atom is 0.416 e. The summed E-state index contributed by atoms with van der Waals surface area (Å²) in [5.41, 5.74) is 0.773. The molecule has 0 saturated carbocycles. The normalized spacial score (nSPS) is 11.1. The van der Waals surface area contributed by atoms with Gasteiger partial charge in [-0.1, -0.05) is 36.4 Å². The highest BCUT2D eigenvalue weighted by Crippen LogP contribution is 2.30. The van der Waals surface area contributed by atoms with Crippen LogP contribution in [0, 0.1) is 0 Å². The van der Waals surface area contributed by atoms with Crippen molar-refractivity contribution >= 4 is 23.3 Å². The number of hydrogen-bond donors (Lipinski definition) is 2. The van der Waals surface area contributed by atoms with E-state index in [0.29, 0.717) is 12.1 Å². The number of nitrogens with one attached hydrogen (secondary N) is 2. The van der Waals surface area contributed by atoms with Crippen molar-refractivity contribution in [3.05, 3.63) is 78.5 Å². The Hall–Kier alpha value is -3.62. The zero-order valence-electron chi connectivity index (χ0n) is 14.5. The van der Waals surface area contributed by atoms with Crippen LogP contribution in [0.3, 0.4) is 0 Å². The van der Waals surface area contributed by atoms with Crippen LogP contribution < -0.4 is 15.3 Å². The van der Waals surface area contributed by atoms with E-state index in [0.717, 1.165) is 17.7 Å². The number of benzene rings is 2. The van der Waals surface area contributed by atoms with Gasteiger partial charge in [0.1, 0.15) is 0 Å². The van der Waals surface area contributed by atoms with Crippen molar-refractivity contribution in [1.82, 2.24) is 5.27 Å². The Labute approximate surface area is 158 Å². The average molecular weight is 389 g/mol. The molecular weight excluding hydrogens is 373 g/mol. The molecule has 3 rings (SSSR count). The molecule has 0 aliphatic carbocycles. The summed E-state index contributed by atoms with van der Waals surface area (Å²) in [6.07, 6.45) is -2.56. The molecule has 0 saturated heterocycles. The van der Waals surface area contributed by atoms with Gasteiger partial charge in [0.15, 0.2) is 0 Å². The zero-order chi connectivity index (χ0) is 20.1. The van der Waals surface area contributed by atoms with E-state index in [1.807, 2.05) is 30.3 Å². The average Bonchev–Trinajstić information content (AvgIpc) is 3.10. The van der Waals surface area contributed by atoms with Crippen molar-refractivity contribution in [3.63, 3.8) is 0 Å². The van der Waals surface area contributed by atoms with E-state index < -0.39 is 17.8 Å². The Balaban J connectivity index is 1.60. The van der Waals surface area contributed by atoms with Crippen molar-refractivity contribution in [2.75, 3.05) is 10.6 Å². The number of carbonyl (C=O) groups excluding carboxylic acids is 1. The number of allylic oxidation sites excluding steroid dienone is 1. The minimum absolute atomic E-state index is 0.00629. The lowest BCUT2D eigenvalue weighted by molar-refractivity contribution is -0.658. The Kier molecular flexibility index (Phi) is 5.44. The van der Waals surface area contributed by atoms with Gasteiger partial charge in [0.25, 0.3) is 6.20 Å². The number of amides is 2. The van der Waals surface area contributed by atoms with Crippen LogP contribution in [0.4, 0.5) is 29.5 Å². The molecule has 0 spiro atoms. The van der Waals surface area contributed by atoms with Crippen LogP contribution in [0.15, 0.2) is 71.9 Å². The number of aromatic nitrogens is 2. The topological polar surface area (TPSA) is 71.0 Å². The van der Waals surface area contributed by atoms with Gasteiger partial charge in [-0.15, -0.1) is 0 Å². The van der Waals surface area contributed by atoms with Crippen LogP contribution in [0.2, 0.25) is 0 Å². The van der Waals surface area contributed by atoms with Gasteiger partial charge in [0.2, 0.25) is 11.0 Å². The summed E-state index contributed by atoms with van der Waals surface area (Å²) in [5.74, 6) is 0.0127. The Morgan fingerprint density at radius 1 is 1.11 bits per heavy atom. The van der Waals surface area contributed by atoms with Crippen molar-refractivity contribution in [3.8, 4) is 0 Å². The van der Waals surface area contributed by atoms with Crippen LogP contribution in [-0.4, -0.2) is 11.3 Å². The lowest BCUT2D eigenvalue weighted by Crippen LogP contribution is -2.33. The highest BCUT2D eigenvalue weighted by Gasteiger charge is 2.30. The SMILES string of the molecule is C=C(Cc1ccccc1)[n+]1cc(NC(=O)Nc2cccc(C(F)(F)F)c2)on1. The molecule has 9 heteroatoms. The minimum Gasteiger partial charge on any atom is -0.308 e. The molecule has 28 heavy (non-hydrogen) atoms. The van der Waals surface area contributed by atoms with Gasteiger partial charge < -0.3 is 5.32 Å². The smallest absolute Gasteiger partial charge is 0.308 e. The second-order valence-electron chi connectivity index (χ2n) is 5.90. The number of rotatable bonds is 5. The van der Waals surface area contributed by atoms with Crippen LogP contribution in [0.25, 0.3) is 5.70 Å². The molecule has 0 radical (unpaired) electrons. The lowest BCUT2D eigenvalue weighted by Gasteiger charge is -2.09. The number of nitrogens with zero attached hydrogens (tertiary/aromatic N) is 2. The summed E-state index contributed by atoms with van der Waals surface area (Å²) in [5, 5.41) is 8.45. The van der Waals surface area contributed by atoms with Crippen molar-refractivity contribution in [2.45, 2.75) is 12.6 Å². The zero-order valence-corrected chi connectivity index (χ0v) is 14.5. The third-order valence-electron chi connectivity index (χ3n) is 3.73. The molecule has 0 fully saturated rings. The van der Waals surface area contributed by atoms with Crippen molar-refractivity contribution in [1.29, 1.82) is 0 Å². The van der Waals surface area contributed by atoms with E-state index in [1.54, 1.807) is 0 Å². The molecule has 2 aromatic carbocycles. The molecule has 0 aliphatic rings. The second kappa shape index (κ2) is 7.95. The number of urea groups is 1. The fourth-order valence-electron chi connectivity index (χ4n) is 2.41. The highest BCUT2D eigenvalue weighted by atomic mass is 19.4. The van der Waals surface area contributed by atoms with Gasteiger partial charge in [0, 0.05) is 5.69 Å². The molecule has 6 nitrogen and oxygen atoms in total. The molecule has 0 aliphatic heterocycles. The second-order valence-corrected chi connectivity index (χ2v) is 5.90. The van der Waals surface area contributed by atoms with Crippen molar-refractivity contribution in [2.24, 2.45) is 0 Å². The Morgan fingerprint density at radius 3 is 2.57 bits per heavy atom. The summed E-state index contributed by atoms with van der Waals surface area (Å²) in [7, 11) is 0. The number of hydrogen-bond acceptors (Lipinski definition) is 3. The third-order valence-corrected chi connectivity index (χ3v) is 3.73. The number of alkyl halides is 3. The van der Waals surface area contributed by atoms with E-state index in [-0.39, 0.29) is 11.6 Å². The predicted molar refractivity (Wildman–Crippen MR) is 96.3 cm³/mol. The third kappa shape index (κ3) is 4.97. The quantitative estimate of drug-likeness (QED) is 0.638. The monoisotopic (exact) mass is 389 g/mol. The summed E-state index contributed by atoms with van der Waals surface area (Å²) in [6.45, 7) is 3.92. The molecule has 1 aromatic heterocycles. The molecular formula is C19H16F3N4O2+. The van der Waals surface area contributed by atoms with Crippen LogP contribution >= 0.6 is 0 Å². The summed E-state index contributed by atoms with van der Waals surface area (Å²) in [4.78, 5) is 12.0. The molecule has 0 bridgehead atoms. The number of anilines is 2. The van der Waals surface area contributed by atoms with Gasteiger partial charge in [-0.05, 0) is 35.0 Å². The fourth-order valence-corrected chi connectivity index (χ4v) is 2.41. The van der Waals surface area contributed by atoms with Gasteiger partial charge in [-0.25, -0.2) is 4.79 Å². The standard InChI is InChI=1S/C19H15F3N4O2/c1-13(10-14-6-3-2-4-7-14)26-12-17(28-25-26)24-18(27)23-16-9-5-8-15(11-16)19(20,21)22/h2-9,11-12H,1,10H2,(H-,23,24,25,27)/p+1. The van der Waals surface area contributed by atoms with Crippen LogP contribution in [-0.2, 0) is 12.6 Å². The lowest BCUT2D eigenvalue weighted by atomic mass is 10.1. The molecule has 0 atom stereocenters. The van der Waals surface area contributed by atoms with Crippen molar-refractivity contribution < 1.29 is 27.2 Å². The molecule has 2 N–H and O–H groups in total. The maximum atomic E-state index is 12.7. The summed E-state index contributed by atoms with van der Waals surface area (Å²) < 4.78 is 44.6. The van der Waals surface area contributed by atoms with Gasteiger partial charge >= 0.3 is 18.1 Å². The van der Waals surface area contributed by atoms with Crippen LogP contribution in [0.5, 0.6) is 0 Å². The highest BCUT2D eigenvalue weighted by molar-refractivity contribution is 5.98. The molecule has 0 unspecified atom stereocenters. The summed E-state index contributed by atoms with van der Waals surface area (Å²) in [6, 6.07) is 13.1. The fraction of sp³-hybridized carbons (Fsp3) is 0.105. The Morgan fingerprint density at radius 2 is 1.86 bits per heavy atom. The maximum absolute atomic E-state index is 12.7. The number of carbonyl (C=O) groups is 1. The first kappa shape index (κ1) is 19.2. The molecule has 144 valence electrons.